The minimum Gasteiger partial charge on any atom is -0.475 e. The molecule has 3 rings (SSSR count). The Kier molecular flexibility index (Phi) is 8.08. The Morgan fingerprint density at radius 2 is 1.84 bits per heavy atom. The number of anilines is 1. The number of para-hydroxylation sites is 1. The lowest BCUT2D eigenvalue weighted by molar-refractivity contribution is -0.192. The molecule has 0 aliphatic carbocycles. The van der Waals surface area contributed by atoms with Crippen molar-refractivity contribution in [3.05, 3.63) is 70.4 Å². The Morgan fingerprint density at radius 3 is 2.47 bits per heavy atom. The quantitative estimate of drug-likeness (QED) is 0.551. The summed E-state index contributed by atoms with van der Waals surface area (Å²) in [6, 6.07) is 11.1. The van der Waals surface area contributed by atoms with Crippen molar-refractivity contribution in [1.82, 2.24) is 14.9 Å². The summed E-state index contributed by atoms with van der Waals surface area (Å²) in [5, 5.41) is 11.2. The van der Waals surface area contributed by atoms with Crippen molar-refractivity contribution in [2.75, 3.05) is 26.0 Å². The van der Waals surface area contributed by atoms with Gasteiger partial charge >= 0.3 is 12.1 Å². The highest BCUT2D eigenvalue weighted by Gasteiger charge is 2.38. The number of rotatable bonds is 5. The number of carbonyl (C=O) groups is 2. The lowest BCUT2D eigenvalue weighted by Gasteiger charge is -2.14. The number of fused-ring (bicyclic) bond motifs is 1. The minimum absolute atomic E-state index is 0.228. The van der Waals surface area contributed by atoms with E-state index >= 15 is 0 Å². The highest BCUT2D eigenvalue weighted by atomic mass is 19.4. The summed E-state index contributed by atoms with van der Waals surface area (Å²) in [5.74, 6) is -3.10. The normalized spacial score (nSPS) is 11.1. The van der Waals surface area contributed by atoms with Gasteiger partial charge < -0.3 is 20.3 Å². The molecular weight excluding hydrogens is 429 g/mol. The smallest absolute Gasteiger partial charge is 0.475 e. The number of carboxylic acid groups (broad SMARTS) is 1. The molecule has 0 aliphatic heterocycles. The summed E-state index contributed by atoms with van der Waals surface area (Å²) in [6.45, 7) is 0.882. The Labute approximate surface area is 180 Å². The summed E-state index contributed by atoms with van der Waals surface area (Å²) >= 11 is 0. The number of benzene rings is 1. The molecule has 32 heavy (non-hydrogen) atoms. The van der Waals surface area contributed by atoms with E-state index < -0.39 is 12.1 Å². The first-order chi connectivity index (χ1) is 15.0. The van der Waals surface area contributed by atoms with Crippen LogP contribution in [0.4, 0.5) is 18.9 Å². The number of aromatic amines is 1. The van der Waals surface area contributed by atoms with Gasteiger partial charge in [-0.1, -0.05) is 18.2 Å². The molecular formula is C21H21F3N4O4. The number of nitrogens with one attached hydrogen (secondary N) is 2. The van der Waals surface area contributed by atoms with Crippen molar-refractivity contribution in [2.24, 2.45) is 0 Å². The van der Waals surface area contributed by atoms with Crippen LogP contribution in [0.2, 0.25) is 0 Å². The van der Waals surface area contributed by atoms with E-state index in [4.69, 9.17) is 9.90 Å². The summed E-state index contributed by atoms with van der Waals surface area (Å²) in [5.41, 5.74) is 1.71. The number of hydrogen-bond acceptors (Lipinski definition) is 5. The molecule has 3 aromatic rings. The number of pyridine rings is 2. The van der Waals surface area contributed by atoms with Crippen molar-refractivity contribution in [1.29, 1.82) is 0 Å². The number of aliphatic carboxylic acids is 1. The highest BCUT2D eigenvalue weighted by molar-refractivity contribution is 6.05. The van der Waals surface area contributed by atoms with Gasteiger partial charge in [0.2, 0.25) is 0 Å². The molecule has 0 fully saturated rings. The second-order valence-electron chi connectivity index (χ2n) is 6.94. The predicted molar refractivity (Wildman–Crippen MR) is 113 cm³/mol. The molecule has 170 valence electrons. The number of likely N-dealkylation sites (N-methyl/N-ethyl adjacent to an activating group) is 1. The number of H-pyrrole nitrogens is 1. The summed E-state index contributed by atoms with van der Waals surface area (Å²) < 4.78 is 31.7. The van der Waals surface area contributed by atoms with Crippen LogP contribution < -0.4 is 10.9 Å². The molecule has 1 amide bonds. The molecule has 8 nitrogen and oxygen atoms in total. The number of amides is 1. The van der Waals surface area contributed by atoms with E-state index in [1.807, 2.05) is 38.4 Å². The van der Waals surface area contributed by atoms with E-state index in [1.54, 1.807) is 18.3 Å². The van der Waals surface area contributed by atoms with Gasteiger partial charge in [0, 0.05) is 24.6 Å². The van der Waals surface area contributed by atoms with Gasteiger partial charge in [0.15, 0.2) is 0 Å². The zero-order valence-electron chi connectivity index (χ0n) is 17.2. The van der Waals surface area contributed by atoms with E-state index in [-0.39, 0.29) is 17.2 Å². The lowest BCUT2D eigenvalue weighted by Crippen LogP contribution is -2.21. The number of hydrogen-bond donors (Lipinski definition) is 3. The average Bonchev–Trinajstić information content (AvgIpc) is 2.72. The summed E-state index contributed by atoms with van der Waals surface area (Å²) in [6.07, 6.45) is -1.17. The van der Waals surface area contributed by atoms with Crippen molar-refractivity contribution in [3.63, 3.8) is 0 Å². The third kappa shape index (κ3) is 6.91. The molecule has 11 heteroatoms. The fourth-order valence-corrected chi connectivity index (χ4v) is 2.62. The van der Waals surface area contributed by atoms with E-state index in [0.29, 0.717) is 10.8 Å². The fraction of sp³-hybridized carbons (Fsp3) is 0.238. The zero-order valence-corrected chi connectivity index (χ0v) is 17.2. The lowest BCUT2D eigenvalue weighted by atomic mass is 10.1. The van der Waals surface area contributed by atoms with E-state index in [0.717, 1.165) is 24.2 Å². The predicted octanol–water partition coefficient (Wildman–Crippen LogP) is 2.91. The van der Waals surface area contributed by atoms with Gasteiger partial charge in [-0.2, -0.15) is 13.2 Å². The number of carbonyl (C=O) groups excluding carboxylic acids is 1. The third-order valence-electron chi connectivity index (χ3n) is 4.23. The summed E-state index contributed by atoms with van der Waals surface area (Å²) in [4.78, 5) is 42.3. The molecule has 0 aliphatic rings. The Balaban J connectivity index is 0.000000451. The zero-order chi connectivity index (χ0) is 23.9. The highest BCUT2D eigenvalue weighted by Crippen LogP contribution is 2.17. The fourth-order valence-electron chi connectivity index (χ4n) is 2.62. The summed E-state index contributed by atoms with van der Waals surface area (Å²) in [7, 11) is 4.02. The minimum atomic E-state index is -5.08. The number of carboxylic acids is 1. The largest absolute Gasteiger partial charge is 0.490 e. The van der Waals surface area contributed by atoms with E-state index in [9.17, 15) is 22.8 Å². The van der Waals surface area contributed by atoms with Gasteiger partial charge in [0.25, 0.3) is 11.5 Å². The van der Waals surface area contributed by atoms with Crippen molar-refractivity contribution < 1.29 is 27.9 Å². The van der Waals surface area contributed by atoms with Gasteiger partial charge in [0.1, 0.15) is 5.69 Å². The van der Waals surface area contributed by atoms with Crippen LogP contribution in [0.1, 0.15) is 16.1 Å². The average molecular weight is 450 g/mol. The van der Waals surface area contributed by atoms with Crippen molar-refractivity contribution in [2.45, 2.75) is 12.6 Å². The SMILES string of the molecule is CN(C)CCc1ccccc1NC(=O)c1cc2ccncc2c(=O)[nH]1.O=C(O)C(F)(F)F. The molecule has 0 saturated carbocycles. The van der Waals surface area contributed by atoms with Gasteiger partial charge in [-0.05, 0) is 49.7 Å². The van der Waals surface area contributed by atoms with Crippen LogP contribution in [0.15, 0.2) is 53.6 Å². The number of halogens is 3. The first kappa shape index (κ1) is 24.5. The standard InChI is InChI=1S/C19H20N4O2.C2HF3O2/c1-23(2)10-8-13-5-3-4-6-16(13)21-19(25)17-11-14-7-9-20-12-15(14)18(24)22-17;3-2(4,5)1(6)7/h3-7,9,11-12H,8,10H2,1-2H3,(H,21,25)(H,22,24);(H,6,7). The molecule has 2 aromatic heterocycles. The molecule has 0 bridgehead atoms. The van der Waals surface area contributed by atoms with Crippen molar-refractivity contribution in [3.8, 4) is 0 Å². The maximum atomic E-state index is 12.6. The van der Waals surface area contributed by atoms with Crippen LogP contribution in [0.5, 0.6) is 0 Å². The molecule has 0 atom stereocenters. The number of aromatic nitrogens is 2. The molecule has 0 saturated heterocycles. The molecule has 1 aromatic carbocycles. The Morgan fingerprint density at radius 1 is 1.19 bits per heavy atom. The number of alkyl halides is 3. The van der Waals surface area contributed by atoms with E-state index in [2.05, 4.69) is 20.2 Å². The topological polar surface area (TPSA) is 115 Å². The van der Waals surface area contributed by atoms with Crippen LogP contribution in [0.3, 0.4) is 0 Å². The molecule has 2 heterocycles. The van der Waals surface area contributed by atoms with Gasteiger partial charge in [-0.25, -0.2) is 4.79 Å². The number of nitrogens with zero attached hydrogens (tertiary/aromatic N) is 2. The second-order valence-corrected chi connectivity index (χ2v) is 6.94. The van der Waals surface area contributed by atoms with Crippen LogP contribution in [0, 0.1) is 0 Å². The van der Waals surface area contributed by atoms with Gasteiger partial charge in [-0.3, -0.25) is 14.6 Å². The van der Waals surface area contributed by atoms with Crippen LogP contribution in [-0.2, 0) is 11.2 Å². The van der Waals surface area contributed by atoms with Crippen LogP contribution in [0.25, 0.3) is 10.8 Å². The van der Waals surface area contributed by atoms with Gasteiger partial charge in [-0.15, -0.1) is 0 Å². The van der Waals surface area contributed by atoms with Crippen LogP contribution in [-0.4, -0.2) is 58.7 Å². The third-order valence-corrected chi connectivity index (χ3v) is 4.23. The van der Waals surface area contributed by atoms with Gasteiger partial charge in [0.05, 0.1) is 5.39 Å². The van der Waals surface area contributed by atoms with Crippen molar-refractivity contribution >= 4 is 28.3 Å². The van der Waals surface area contributed by atoms with Crippen LogP contribution >= 0.6 is 0 Å². The monoisotopic (exact) mass is 450 g/mol. The first-order valence-corrected chi connectivity index (χ1v) is 9.30. The van der Waals surface area contributed by atoms with E-state index in [1.165, 1.54) is 6.20 Å². The maximum Gasteiger partial charge on any atom is 0.490 e. The first-order valence-electron chi connectivity index (χ1n) is 9.30. The molecule has 3 N–H and O–H groups in total. The Hall–Kier alpha value is -3.73. The molecule has 0 radical (unpaired) electrons. The second kappa shape index (κ2) is 10.5. The molecule has 0 spiro atoms. The molecule has 0 unspecified atom stereocenters. The maximum absolute atomic E-state index is 12.6. The Bertz CT molecular complexity index is 1160.